The molecule has 3 heterocycles. The second-order valence-corrected chi connectivity index (χ2v) is 5.48. The smallest absolute Gasteiger partial charge is 0.231 e. The van der Waals surface area contributed by atoms with Crippen molar-refractivity contribution in [1.82, 2.24) is 20.5 Å². The van der Waals surface area contributed by atoms with Gasteiger partial charge in [-0.3, -0.25) is 9.89 Å². The number of furan rings is 2. The predicted molar refractivity (Wildman–Crippen MR) is 80.1 cm³/mol. The predicted octanol–water partition coefficient (Wildman–Crippen LogP) is 2.63. The molecule has 2 N–H and O–H groups in total. The minimum Gasteiger partial charge on any atom is -0.467 e. The summed E-state index contributed by atoms with van der Waals surface area (Å²) < 4.78 is 10.5. The van der Waals surface area contributed by atoms with E-state index in [1.165, 1.54) is 11.8 Å². The van der Waals surface area contributed by atoms with Gasteiger partial charge in [-0.25, -0.2) is 0 Å². The third-order valence-corrected chi connectivity index (χ3v) is 3.75. The van der Waals surface area contributed by atoms with E-state index in [2.05, 4.69) is 20.5 Å². The van der Waals surface area contributed by atoms with E-state index in [0.29, 0.717) is 16.7 Å². The Morgan fingerprint density at radius 2 is 2.18 bits per heavy atom. The van der Waals surface area contributed by atoms with Gasteiger partial charge in [-0.05, 0) is 31.2 Å². The molecule has 3 aromatic rings. The summed E-state index contributed by atoms with van der Waals surface area (Å²) in [6.07, 6.45) is 3.14. The van der Waals surface area contributed by atoms with Gasteiger partial charge in [0.1, 0.15) is 5.76 Å². The van der Waals surface area contributed by atoms with Crippen LogP contribution in [0.3, 0.4) is 0 Å². The molecule has 0 saturated carbocycles. The average molecular weight is 318 g/mol. The maximum Gasteiger partial charge on any atom is 0.231 e. The number of thioether (sulfide) groups is 1. The maximum atomic E-state index is 11.9. The summed E-state index contributed by atoms with van der Waals surface area (Å²) in [7, 11) is 0. The van der Waals surface area contributed by atoms with Crippen molar-refractivity contribution in [2.24, 2.45) is 0 Å². The van der Waals surface area contributed by atoms with Crippen LogP contribution in [0.25, 0.3) is 11.6 Å². The topological polar surface area (TPSA) is 97.0 Å². The molecule has 0 bridgehead atoms. The molecule has 1 unspecified atom stereocenters. The fraction of sp³-hybridized carbons (Fsp3) is 0.214. The number of nitrogens with zero attached hydrogens (tertiary/aromatic N) is 2. The summed E-state index contributed by atoms with van der Waals surface area (Å²) in [5.41, 5.74) is 0. The number of amides is 1. The molecule has 1 atom stereocenters. The van der Waals surface area contributed by atoms with E-state index in [1.54, 1.807) is 30.7 Å². The first-order valence-electron chi connectivity index (χ1n) is 6.64. The average Bonchev–Trinajstić information content (AvgIpc) is 3.25. The van der Waals surface area contributed by atoms with Gasteiger partial charge in [0.25, 0.3) is 0 Å². The number of H-pyrrole nitrogens is 1. The summed E-state index contributed by atoms with van der Waals surface area (Å²) in [4.78, 5) is 16.2. The van der Waals surface area contributed by atoms with Crippen molar-refractivity contribution in [3.8, 4) is 11.6 Å². The molecule has 7 nitrogen and oxygen atoms in total. The minimum atomic E-state index is -0.172. The molecule has 114 valence electrons. The van der Waals surface area contributed by atoms with E-state index in [1.807, 2.05) is 13.0 Å². The third-order valence-electron chi connectivity index (χ3n) is 2.90. The molecule has 8 heteroatoms. The second-order valence-electron chi connectivity index (χ2n) is 4.54. The van der Waals surface area contributed by atoms with Crippen molar-refractivity contribution in [3.63, 3.8) is 0 Å². The molecule has 0 aromatic carbocycles. The van der Waals surface area contributed by atoms with Gasteiger partial charge in [0, 0.05) is 0 Å². The van der Waals surface area contributed by atoms with Gasteiger partial charge in [0.05, 0.1) is 24.3 Å². The summed E-state index contributed by atoms with van der Waals surface area (Å²) in [6, 6.07) is 6.99. The fourth-order valence-corrected chi connectivity index (χ4v) is 2.47. The zero-order valence-corrected chi connectivity index (χ0v) is 12.6. The van der Waals surface area contributed by atoms with Crippen LogP contribution in [0.4, 0.5) is 0 Å². The van der Waals surface area contributed by atoms with Crippen LogP contribution in [-0.4, -0.2) is 26.8 Å². The molecule has 0 fully saturated rings. The van der Waals surface area contributed by atoms with Crippen LogP contribution in [0.2, 0.25) is 0 Å². The number of aromatic nitrogens is 3. The number of hydrogen-bond donors (Lipinski definition) is 2. The highest BCUT2D eigenvalue weighted by atomic mass is 32.2. The van der Waals surface area contributed by atoms with Crippen LogP contribution in [-0.2, 0) is 4.79 Å². The molecular weight excluding hydrogens is 304 g/mol. The van der Waals surface area contributed by atoms with Gasteiger partial charge in [0.15, 0.2) is 11.6 Å². The SMILES string of the molecule is CC(NC(=O)CSc1n[nH]c(-c2ccco2)n1)c1ccco1. The van der Waals surface area contributed by atoms with Gasteiger partial charge in [-0.15, -0.1) is 5.10 Å². The Kier molecular flexibility index (Phi) is 4.29. The number of carbonyl (C=O) groups excluding carboxylic acids is 1. The summed E-state index contributed by atoms with van der Waals surface area (Å²) in [5, 5.41) is 10.2. The van der Waals surface area contributed by atoms with Crippen LogP contribution < -0.4 is 5.32 Å². The van der Waals surface area contributed by atoms with Gasteiger partial charge >= 0.3 is 0 Å². The van der Waals surface area contributed by atoms with E-state index in [9.17, 15) is 4.79 Å². The summed E-state index contributed by atoms with van der Waals surface area (Å²) >= 11 is 1.25. The van der Waals surface area contributed by atoms with E-state index in [4.69, 9.17) is 8.83 Å². The van der Waals surface area contributed by atoms with Crippen molar-refractivity contribution < 1.29 is 13.6 Å². The van der Waals surface area contributed by atoms with Crippen molar-refractivity contribution in [2.75, 3.05) is 5.75 Å². The zero-order valence-electron chi connectivity index (χ0n) is 11.8. The molecule has 1 amide bonds. The van der Waals surface area contributed by atoms with Crippen LogP contribution >= 0.6 is 11.8 Å². The van der Waals surface area contributed by atoms with Gasteiger partial charge in [-0.1, -0.05) is 11.8 Å². The van der Waals surface area contributed by atoms with E-state index < -0.39 is 0 Å². The van der Waals surface area contributed by atoms with Gasteiger partial charge < -0.3 is 14.2 Å². The van der Waals surface area contributed by atoms with E-state index in [0.717, 1.165) is 5.76 Å². The lowest BCUT2D eigenvalue weighted by Crippen LogP contribution is -2.27. The Labute approximate surface area is 130 Å². The van der Waals surface area contributed by atoms with Crippen molar-refractivity contribution in [1.29, 1.82) is 0 Å². The summed E-state index contributed by atoms with van der Waals surface area (Å²) in [5.74, 6) is 1.97. The molecule has 22 heavy (non-hydrogen) atoms. The number of nitrogens with one attached hydrogen (secondary N) is 2. The van der Waals surface area contributed by atoms with Crippen LogP contribution in [0, 0.1) is 0 Å². The monoisotopic (exact) mass is 318 g/mol. The third kappa shape index (κ3) is 3.40. The number of hydrogen-bond acceptors (Lipinski definition) is 6. The molecule has 3 aromatic heterocycles. The van der Waals surface area contributed by atoms with Gasteiger partial charge in [-0.2, -0.15) is 4.98 Å². The molecule has 3 rings (SSSR count). The molecule has 0 aliphatic carbocycles. The Morgan fingerprint density at radius 1 is 1.36 bits per heavy atom. The lowest BCUT2D eigenvalue weighted by Gasteiger charge is -2.10. The summed E-state index contributed by atoms with van der Waals surface area (Å²) in [6.45, 7) is 1.86. The lowest BCUT2D eigenvalue weighted by molar-refractivity contribution is -0.119. The largest absolute Gasteiger partial charge is 0.467 e. The van der Waals surface area contributed by atoms with Crippen molar-refractivity contribution >= 4 is 17.7 Å². The van der Waals surface area contributed by atoms with Crippen LogP contribution in [0.15, 0.2) is 50.8 Å². The van der Waals surface area contributed by atoms with Crippen molar-refractivity contribution in [3.05, 3.63) is 42.6 Å². The first kappa shape index (κ1) is 14.5. The van der Waals surface area contributed by atoms with Gasteiger partial charge in [0.2, 0.25) is 11.1 Å². The Hall–Kier alpha value is -2.48. The minimum absolute atomic E-state index is 0.113. The van der Waals surface area contributed by atoms with Crippen LogP contribution in [0.5, 0.6) is 0 Å². The highest BCUT2D eigenvalue weighted by Gasteiger charge is 2.14. The fourth-order valence-electron chi connectivity index (χ4n) is 1.86. The molecule has 0 radical (unpaired) electrons. The molecule has 0 spiro atoms. The number of rotatable bonds is 6. The Morgan fingerprint density at radius 3 is 2.91 bits per heavy atom. The standard InChI is InChI=1S/C14H14N4O3S/c1-9(10-4-2-6-20-10)15-12(19)8-22-14-16-13(17-18-14)11-5-3-7-21-11/h2-7,9H,8H2,1H3,(H,15,19)(H,16,17,18). The van der Waals surface area contributed by atoms with E-state index in [-0.39, 0.29) is 17.7 Å². The molecule has 0 saturated heterocycles. The quantitative estimate of drug-likeness (QED) is 0.678. The van der Waals surface area contributed by atoms with Crippen LogP contribution in [0.1, 0.15) is 18.7 Å². The van der Waals surface area contributed by atoms with E-state index >= 15 is 0 Å². The Balaban J connectivity index is 1.51. The number of aromatic amines is 1. The molecule has 0 aliphatic heterocycles. The maximum absolute atomic E-state index is 11.9. The Bertz CT molecular complexity index is 721. The zero-order chi connectivity index (χ0) is 15.4. The lowest BCUT2D eigenvalue weighted by atomic mass is 10.2. The first-order chi connectivity index (χ1) is 10.7. The molecular formula is C14H14N4O3S. The highest BCUT2D eigenvalue weighted by Crippen LogP contribution is 2.19. The highest BCUT2D eigenvalue weighted by molar-refractivity contribution is 7.99. The molecule has 0 aliphatic rings. The first-order valence-corrected chi connectivity index (χ1v) is 7.63. The van der Waals surface area contributed by atoms with Crippen molar-refractivity contribution in [2.45, 2.75) is 18.1 Å². The normalized spacial score (nSPS) is 12.2. The second kappa shape index (κ2) is 6.52. The number of carbonyl (C=O) groups is 1.